The molecule has 1 saturated heterocycles. The number of carboxylic acid groups (broad SMARTS) is 1. The summed E-state index contributed by atoms with van der Waals surface area (Å²) in [5, 5.41) is 23.1. The van der Waals surface area contributed by atoms with Gasteiger partial charge in [0.15, 0.2) is 0 Å². The van der Waals surface area contributed by atoms with Gasteiger partial charge in [0, 0.05) is 19.2 Å². The number of nitro benzene ring substituents is 1. The molecule has 0 spiro atoms. The SMILES string of the molecule is COc1cc([N+](=O)[O-])ccc1NC(=O)N1C[C@@H]2CCC[C@@]2(C(=O)O)C1. The predicted octanol–water partition coefficient (Wildman–Crippen LogP) is 2.32. The van der Waals surface area contributed by atoms with Crippen LogP contribution in [0.3, 0.4) is 0 Å². The normalized spacial score (nSPS) is 24.7. The van der Waals surface area contributed by atoms with E-state index >= 15 is 0 Å². The maximum Gasteiger partial charge on any atom is 0.321 e. The number of nitro groups is 1. The molecule has 0 unspecified atom stereocenters. The zero-order chi connectivity index (χ0) is 18.2. The number of benzene rings is 1. The molecular formula is C16H19N3O6. The van der Waals surface area contributed by atoms with Gasteiger partial charge in [-0.2, -0.15) is 0 Å². The number of amides is 2. The predicted molar refractivity (Wildman–Crippen MR) is 87.6 cm³/mol. The van der Waals surface area contributed by atoms with Gasteiger partial charge in [-0.15, -0.1) is 0 Å². The summed E-state index contributed by atoms with van der Waals surface area (Å²) in [5.74, 6) is -0.706. The van der Waals surface area contributed by atoms with Gasteiger partial charge in [0.05, 0.1) is 29.2 Å². The van der Waals surface area contributed by atoms with Crippen LogP contribution in [0.2, 0.25) is 0 Å². The molecule has 0 radical (unpaired) electrons. The van der Waals surface area contributed by atoms with Crippen molar-refractivity contribution in [3.63, 3.8) is 0 Å². The number of nitrogens with zero attached hydrogens (tertiary/aromatic N) is 2. The van der Waals surface area contributed by atoms with Gasteiger partial charge in [0.2, 0.25) is 0 Å². The first-order valence-corrected chi connectivity index (χ1v) is 7.99. The zero-order valence-electron chi connectivity index (χ0n) is 13.7. The fourth-order valence-electron chi connectivity index (χ4n) is 3.88. The summed E-state index contributed by atoms with van der Waals surface area (Å²) in [6, 6.07) is 3.48. The number of methoxy groups -OCH3 is 1. The Balaban J connectivity index is 1.75. The average molecular weight is 349 g/mol. The van der Waals surface area contributed by atoms with Crippen molar-refractivity contribution in [1.82, 2.24) is 4.90 Å². The minimum Gasteiger partial charge on any atom is -0.494 e. The van der Waals surface area contributed by atoms with E-state index in [-0.39, 0.29) is 23.9 Å². The summed E-state index contributed by atoms with van der Waals surface area (Å²) in [5.41, 5.74) is -0.688. The highest BCUT2D eigenvalue weighted by Crippen LogP contribution is 2.49. The highest BCUT2D eigenvalue weighted by Gasteiger charge is 2.55. The molecular weight excluding hydrogens is 330 g/mol. The molecule has 25 heavy (non-hydrogen) atoms. The first kappa shape index (κ1) is 17.0. The van der Waals surface area contributed by atoms with Crippen LogP contribution in [-0.2, 0) is 4.79 Å². The summed E-state index contributed by atoms with van der Waals surface area (Å²) in [4.78, 5) is 36.0. The number of hydrogen-bond acceptors (Lipinski definition) is 5. The van der Waals surface area contributed by atoms with Gasteiger partial charge in [0.25, 0.3) is 5.69 Å². The van der Waals surface area contributed by atoms with Crippen molar-refractivity contribution < 1.29 is 24.4 Å². The molecule has 1 aliphatic carbocycles. The maximum atomic E-state index is 12.5. The van der Waals surface area contributed by atoms with E-state index < -0.39 is 22.3 Å². The molecule has 9 heteroatoms. The summed E-state index contributed by atoms with van der Waals surface area (Å²) < 4.78 is 5.10. The number of rotatable bonds is 4. The van der Waals surface area contributed by atoms with Crippen LogP contribution >= 0.6 is 0 Å². The number of carboxylic acids is 1. The molecule has 1 heterocycles. The van der Waals surface area contributed by atoms with Gasteiger partial charge < -0.3 is 20.1 Å². The second-order valence-electron chi connectivity index (χ2n) is 6.50. The van der Waals surface area contributed by atoms with E-state index in [9.17, 15) is 24.8 Å². The van der Waals surface area contributed by atoms with Crippen molar-refractivity contribution in [1.29, 1.82) is 0 Å². The van der Waals surface area contributed by atoms with E-state index in [4.69, 9.17) is 4.74 Å². The molecule has 1 aromatic carbocycles. The molecule has 3 rings (SSSR count). The number of urea groups is 1. The van der Waals surface area contributed by atoms with Crippen molar-refractivity contribution in [3.05, 3.63) is 28.3 Å². The van der Waals surface area contributed by atoms with Crippen LogP contribution < -0.4 is 10.1 Å². The Morgan fingerprint density at radius 2 is 2.24 bits per heavy atom. The number of fused-ring (bicyclic) bond motifs is 1. The molecule has 1 aliphatic heterocycles. The summed E-state index contributed by atoms with van der Waals surface area (Å²) in [6.07, 6.45) is 2.25. The van der Waals surface area contributed by atoms with Gasteiger partial charge >= 0.3 is 12.0 Å². The lowest BCUT2D eigenvalue weighted by Gasteiger charge is -2.23. The first-order valence-electron chi connectivity index (χ1n) is 7.99. The van der Waals surface area contributed by atoms with Crippen LogP contribution in [0.25, 0.3) is 0 Å². The Labute approximate surface area is 143 Å². The molecule has 0 aromatic heterocycles. The van der Waals surface area contributed by atoms with Crippen molar-refractivity contribution in [2.75, 3.05) is 25.5 Å². The Kier molecular flexibility index (Phi) is 4.23. The third-order valence-corrected chi connectivity index (χ3v) is 5.22. The van der Waals surface area contributed by atoms with Gasteiger partial charge in [-0.3, -0.25) is 14.9 Å². The molecule has 2 N–H and O–H groups in total. The second-order valence-corrected chi connectivity index (χ2v) is 6.50. The third kappa shape index (κ3) is 2.86. The van der Waals surface area contributed by atoms with Gasteiger partial charge in [-0.05, 0) is 24.8 Å². The standard InChI is InChI=1S/C16H19N3O6/c1-25-13-7-11(19(23)24)4-5-12(13)17-15(22)18-8-10-3-2-6-16(10,9-18)14(20)21/h4-5,7,10H,2-3,6,8-9H2,1H3,(H,17,22)(H,20,21)/t10-,16+/m0/s1. The van der Waals surface area contributed by atoms with E-state index in [1.807, 2.05) is 0 Å². The number of anilines is 1. The van der Waals surface area contributed by atoms with E-state index in [1.165, 1.54) is 30.2 Å². The first-order chi connectivity index (χ1) is 11.9. The minimum absolute atomic E-state index is 0.0329. The number of nitrogens with one attached hydrogen (secondary N) is 1. The molecule has 2 amide bonds. The quantitative estimate of drug-likeness (QED) is 0.635. The summed E-state index contributed by atoms with van der Waals surface area (Å²) in [7, 11) is 1.36. The second kappa shape index (κ2) is 6.23. The van der Waals surface area contributed by atoms with Crippen LogP contribution in [0.15, 0.2) is 18.2 Å². The number of carbonyl (C=O) groups is 2. The third-order valence-electron chi connectivity index (χ3n) is 5.22. The van der Waals surface area contributed by atoms with Crippen molar-refractivity contribution >= 4 is 23.4 Å². The van der Waals surface area contributed by atoms with Crippen LogP contribution in [0.1, 0.15) is 19.3 Å². The Bertz CT molecular complexity index is 737. The fourth-order valence-corrected chi connectivity index (χ4v) is 3.88. The molecule has 0 bridgehead atoms. The number of non-ortho nitro benzene ring substituents is 1. The fraction of sp³-hybridized carbons (Fsp3) is 0.500. The molecule has 1 saturated carbocycles. The topological polar surface area (TPSA) is 122 Å². The lowest BCUT2D eigenvalue weighted by atomic mass is 9.81. The van der Waals surface area contributed by atoms with Gasteiger partial charge in [-0.25, -0.2) is 4.79 Å². The van der Waals surface area contributed by atoms with Crippen LogP contribution in [-0.4, -0.2) is 47.1 Å². The number of ether oxygens (including phenoxy) is 1. The molecule has 1 aromatic rings. The Morgan fingerprint density at radius 1 is 1.48 bits per heavy atom. The molecule has 134 valence electrons. The van der Waals surface area contributed by atoms with Crippen LogP contribution in [0.4, 0.5) is 16.2 Å². The van der Waals surface area contributed by atoms with Crippen molar-refractivity contribution in [2.24, 2.45) is 11.3 Å². The minimum atomic E-state index is -0.850. The Hall–Kier alpha value is -2.84. The number of likely N-dealkylation sites (tertiary alicyclic amines) is 1. The number of hydrogen-bond donors (Lipinski definition) is 2. The van der Waals surface area contributed by atoms with Crippen molar-refractivity contribution in [2.45, 2.75) is 19.3 Å². The van der Waals surface area contributed by atoms with Crippen molar-refractivity contribution in [3.8, 4) is 5.75 Å². The molecule has 2 fully saturated rings. The lowest BCUT2D eigenvalue weighted by Crippen LogP contribution is -2.38. The number of aliphatic carboxylic acids is 1. The highest BCUT2D eigenvalue weighted by molar-refractivity contribution is 5.92. The average Bonchev–Trinajstić information content (AvgIpc) is 3.13. The smallest absolute Gasteiger partial charge is 0.321 e. The van der Waals surface area contributed by atoms with E-state index in [0.29, 0.717) is 18.7 Å². The van der Waals surface area contributed by atoms with Crippen LogP contribution in [0, 0.1) is 21.4 Å². The van der Waals surface area contributed by atoms with E-state index in [0.717, 1.165) is 12.8 Å². The molecule has 2 aliphatic rings. The van der Waals surface area contributed by atoms with E-state index in [1.54, 1.807) is 0 Å². The van der Waals surface area contributed by atoms with Crippen LogP contribution in [0.5, 0.6) is 5.75 Å². The summed E-state index contributed by atoms with van der Waals surface area (Å²) in [6.45, 7) is 0.571. The van der Waals surface area contributed by atoms with Gasteiger partial charge in [0.1, 0.15) is 5.75 Å². The molecule has 2 atom stereocenters. The van der Waals surface area contributed by atoms with E-state index in [2.05, 4.69) is 5.32 Å². The maximum absolute atomic E-state index is 12.5. The summed E-state index contributed by atoms with van der Waals surface area (Å²) >= 11 is 0. The Morgan fingerprint density at radius 3 is 2.84 bits per heavy atom. The number of carbonyl (C=O) groups excluding carboxylic acids is 1. The zero-order valence-corrected chi connectivity index (χ0v) is 13.7. The van der Waals surface area contributed by atoms with Gasteiger partial charge in [-0.1, -0.05) is 6.42 Å². The lowest BCUT2D eigenvalue weighted by molar-refractivity contribution is -0.384. The largest absolute Gasteiger partial charge is 0.494 e. The monoisotopic (exact) mass is 349 g/mol. The molecule has 9 nitrogen and oxygen atoms in total. The highest BCUT2D eigenvalue weighted by atomic mass is 16.6.